The van der Waals surface area contributed by atoms with E-state index in [-0.39, 0.29) is 0 Å². The van der Waals surface area contributed by atoms with E-state index in [4.69, 9.17) is 0 Å². The van der Waals surface area contributed by atoms with E-state index in [0.29, 0.717) is 21.7 Å². The lowest BCUT2D eigenvalue weighted by atomic mass is 9.49. The van der Waals surface area contributed by atoms with E-state index in [1.54, 1.807) is 0 Å². The lowest BCUT2D eigenvalue weighted by Gasteiger charge is -2.56. The summed E-state index contributed by atoms with van der Waals surface area (Å²) in [5.41, 5.74) is 2.22. The Morgan fingerprint density at radius 1 is 1.00 bits per heavy atom. The fourth-order valence-electron chi connectivity index (χ4n) is 5.54. The first-order chi connectivity index (χ1) is 6.63. The van der Waals surface area contributed by atoms with Crippen LogP contribution in [0.1, 0.15) is 67.7 Å². The summed E-state index contributed by atoms with van der Waals surface area (Å²) >= 11 is 0. The second-order valence-electron chi connectivity index (χ2n) is 7.72. The summed E-state index contributed by atoms with van der Waals surface area (Å²) in [4.78, 5) is 0. The van der Waals surface area contributed by atoms with Crippen LogP contribution in [-0.4, -0.2) is 0 Å². The first-order valence-electron chi connectivity index (χ1n) is 6.63. The molecule has 0 aromatic carbocycles. The van der Waals surface area contributed by atoms with Gasteiger partial charge in [-0.05, 0) is 46.8 Å². The largest absolute Gasteiger partial charge is 0.0648 e. The molecule has 2 bridgehead atoms. The summed E-state index contributed by atoms with van der Waals surface area (Å²) in [7, 11) is 0. The van der Waals surface area contributed by atoms with Gasteiger partial charge in [0.25, 0.3) is 0 Å². The van der Waals surface area contributed by atoms with Crippen LogP contribution in [0.2, 0.25) is 0 Å². The number of hydrogen-bond donors (Lipinski definition) is 0. The van der Waals surface area contributed by atoms with Gasteiger partial charge in [0.2, 0.25) is 0 Å². The molecule has 2 saturated carbocycles. The van der Waals surface area contributed by atoms with Crippen molar-refractivity contribution in [1.29, 1.82) is 0 Å². The Labute approximate surface area is 95.8 Å². The van der Waals surface area contributed by atoms with Crippen molar-refractivity contribution in [2.45, 2.75) is 67.7 Å². The Kier molecular flexibility index (Phi) is 2.01. The van der Waals surface area contributed by atoms with Crippen molar-refractivity contribution in [3.8, 4) is 0 Å². The van der Waals surface area contributed by atoms with Gasteiger partial charge in [0.15, 0.2) is 0 Å². The second-order valence-corrected chi connectivity index (χ2v) is 7.72. The molecule has 0 spiro atoms. The lowest BCUT2D eigenvalue weighted by molar-refractivity contribution is -0.0742. The average molecular weight is 208 g/mol. The molecule has 0 N–H and O–H groups in total. The van der Waals surface area contributed by atoms with Crippen LogP contribution in [0, 0.1) is 27.6 Å². The van der Waals surface area contributed by atoms with Crippen LogP contribution in [0.5, 0.6) is 0 Å². The normalized spacial score (nSPS) is 57.4. The molecule has 2 rings (SSSR count). The van der Waals surface area contributed by atoms with Crippen molar-refractivity contribution in [1.82, 2.24) is 0 Å². The first-order valence-corrected chi connectivity index (χ1v) is 6.63. The molecule has 0 heterocycles. The molecule has 15 heavy (non-hydrogen) atoms. The van der Waals surface area contributed by atoms with Gasteiger partial charge in [0.1, 0.15) is 0 Å². The van der Waals surface area contributed by atoms with E-state index in [0.717, 1.165) is 5.92 Å². The van der Waals surface area contributed by atoms with Crippen LogP contribution in [0.3, 0.4) is 0 Å². The predicted molar refractivity (Wildman–Crippen MR) is 66.8 cm³/mol. The third-order valence-corrected chi connectivity index (χ3v) is 7.09. The summed E-state index contributed by atoms with van der Waals surface area (Å²) in [6, 6.07) is 0. The van der Waals surface area contributed by atoms with Gasteiger partial charge in [0.05, 0.1) is 0 Å². The van der Waals surface area contributed by atoms with Gasteiger partial charge >= 0.3 is 0 Å². The summed E-state index contributed by atoms with van der Waals surface area (Å²) in [6.07, 6.45) is 4.20. The van der Waals surface area contributed by atoms with Crippen LogP contribution in [0.25, 0.3) is 0 Å². The Hall–Kier alpha value is 0. The molecule has 2 fully saturated rings. The van der Waals surface area contributed by atoms with Crippen LogP contribution in [0.15, 0.2) is 0 Å². The molecule has 88 valence electrons. The highest BCUT2D eigenvalue weighted by atomic mass is 14.8. The van der Waals surface area contributed by atoms with Crippen molar-refractivity contribution in [2.75, 3.05) is 0 Å². The number of rotatable bonds is 1. The molecular formula is C15H28. The van der Waals surface area contributed by atoms with Crippen LogP contribution in [0.4, 0.5) is 0 Å². The van der Waals surface area contributed by atoms with Gasteiger partial charge in [-0.3, -0.25) is 0 Å². The zero-order chi connectivity index (χ0) is 11.7. The highest BCUT2D eigenvalue weighted by Crippen LogP contribution is 2.79. The molecule has 0 aromatic heterocycles. The van der Waals surface area contributed by atoms with E-state index in [1.807, 2.05) is 0 Å². The van der Waals surface area contributed by atoms with Gasteiger partial charge in [-0.25, -0.2) is 0 Å². The summed E-state index contributed by atoms with van der Waals surface area (Å²) in [5, 5.41) is 0. The van der Waals surface area contributed by atoms with Crippen molar-refractivity contribution < 1.29 is 0 Å². The Morgan fingerprint density at radius 2 is 1.53 bits per heavy atom. The smallest absolute Gasteiger partial charge is 0.0213 e. The SMILES string of the molecule is CCC1(C)C(C)C2(C)CC(C)(C)C1(C)C2. The van der Waals surface area contributed by atoms with Gasteiger partial charge in [-0.15, -0.1) is 0 Å². The molecule has 4 unspecified atom stereocenters. The van der Waals surface area contributed by atoms with Crippen molar-refractivity contribution in [3.63, 3.8) is 0 Å². The maximum Gasteiger partial charge on any atom is -0.0213 e. The molecule has 0 aromatic rings. The maximum absolute atomic E-state index is 2.56. The highest BCUT2D eigenvalue weighted by Gasteiger charge is 2.71. The molecule has 0 heteroatoms. The maximum atomic E-state index is 2.56. The molecule has 0 radical (unpaired) electrons. The summed E-state index contributed by atoms with van der Waals surface area (Å²) in [5.74, 6) is 0.882. The van der Waals surface area contributed by atoms with Gasteiger partial charge in [-0.2, -0.15) is 0 Å². The van der Waals surface area contributed by atoms with Gasteiger partial charge < -0.3 is 0 Å². The average Bonchev–Trinajstić information content (AvgIpc) is 2.39. The lowest BCUT2D eigenvalue weighted by Crippen LogP contribution is -2.49. The molecular weight excluding hydrogens is 180 g/mol. The molecule has 0 nitrogen and oxygen atoms in total. The molecule has 0 aliphatic heterocycles. The summed E-state index contributed by atoms with van der Waals surface area (Å²) < 4.78 is 0. The minimum absolute atomic E-state index is 0.527. The quantitative estimate of drug-likeness (QED) is 0.576. The topological polar surface area (TPSA) is 0 Å². The second kappa shape index (κ2) is 2.63. The highest BCUT2D eigenvalue weighted by molar-refractivity contribution is 5.20. The van der Waals surface area contributed by atoms with Crippen LogP contribution < -0.4 is 0 Å². The van der Waals surface area contributed by atoms with Gasteiger partial charge in [0, 0.05) is 0 Å². The third kappa shape index (κ3) is 0.996. The van der Waals surface area contributed by atoms with E-state index in [2.05, 4.69) is 48.5 Å². The Balaban J connectivity index is 2.55. The Morgan fingerprint density at radius 3 is 1.87 bits per heavy atom. The summed E-state index contributed by atoms with van der Waals surface area (Å²) in [6.45, 7) is 17.5. The van der Waals surface area contributed by atoms with Crippen molar-refractivity contribution in [3.05, 3.63) is 0 Å². The monoisotopic (exact) mass is 208 g/mol. The van der Waals surface area contributed by atoms with E-state index in [1.165, 1.54) is 19.3 Å². The van der Waals surface area contributed by atoms with Crippen molar-refractivity contribution >= 4 is 0 Å². The molecule has 2 aliphatic carbocycles. The van der Waals surface area contributed by atoms with E-state index < -0.39 is 0 Å². The number of fused-ring (bicyclic) bond motifs is 2. The standard InChI is InChI=1S/C15H28/c1-8-14(6)11(2)13(5)9-12(3,4)15(14,7)10-13/h11H,8-10H2,1-7H3. The molecule has 2 aliphatic rings. The van der Waals surface area contributed by atoms with E-state index >= 15 is 0 Å². The predicted octanol–water partition coefficient (Wildman–Crippen LogP) is 4.89. The fraction of sp³-hybridized carbons (Fsp3) is 1.00. The van der Waals surface area contributed by atoms with Crippen LogP contribution in [-0.2, 0) is 0 Å². The zero-order valence-electron chi connectivity index (χ0n) is 11.7. The minimum Gasteiger partial charge on any atom is -0.0648 e. The fourth-order valence-corrected chi connectivity index (χ4v) is 5.54. The molecule has 0 amide bonds. The zero-order valence-corrected chi connectivity index (χ0v) is 11.7. The van der Waals surface area contributed by atoms with Gasteiger partial charge in [-0.1, -0.05) is 48.5 Å². The van der Waals surface area contributed by atoms with Crippen LogP contribution >= 0.6 is 0 Å². The third-order valence-electron chi connectivity index (χ3n) is 7.09. The molecule has 4 atom stereocenters. The van der Waals surface area contributed by atoms with Crippen molar-refractivity contribution in [2.24, 2.45) is 27.6 Å². The minimum atomic E-state index is 0.527. The Bertz CT molecular complexity index is 290. The van der Waals surface area contributed by atoms with E-state index in [9.17, 15) is 0 Å². The number of hydrogen-bond acceptors (Lipinski definition) is 0. The first kappa shape index (κ1) is 11.5. The molecule has 0 saturated heterocycles.